The summed E-state index contributed by atoms with van der Waals surface area (Å²) in [5.74, 6) is -0.0523. The van der Waals surface area contributed by atoms with Crippen LogP contribution in [-0.4, -0.2) is 16.0 Å². The number of carbonyl (C=O) groups is 1. The van der Waals surface area contributed by atoms with Gasteiger partial charge in [-0.1, -0.05) is 6.08 Å². The number of halogens is 4. The van der Waals surface area contributed by atoms with Gasteiger partial charge in [0.1, 0.15) is 11.5 Å². The molecular formula is C15H8Br4O3. The highest BCUT2D eigenvalue weighted by Crippen LogP contribution is 2.35. The highest BCUT2D eigenvalue weighted by Gasteiger charge is 2.10. The number of ketones is 1. The van der Waals surface area contributed by atoms with Gasteiger partial charge in [0.2, 0.25) is 0 Å². The summed E-state index contributed by atoms with van der Waals surface area (Å²) >= 11 is 12.9. The van der Waals surface area contributed by atoms with Crippen LogP contribution in [-0.2, 0) is 0 Å². The van der Waals surface area contributed by atoms with Crippen molar-refractivity contribution in [2.45, 2.75) is 0 Å². The number of aromatic hydroxyl groups is 2. The average molecular weight is 556 g/mol. The summed E-state index contributed by atoms with van der Waals surface area (Å²) in [6.07, 6.45) is 3.07. The van der Waals surface area contributed by atoms with Crippen molar-refractivity contribution >= 4 is 75.6 Å². The molecular weight excluding hydrogens is 548 g/mol. The van der Waals surface area contributed by atoms with E-state index in [2.05, 4.69) is 63.7 Å². The van der Waals surface area contributed by atoms with Crippen molar-refractivity contribution in [3.63, 3.8) is 0 Å². The molecule has 0 aliphatic heterocycles. The van der Waals surface area contributed by atoms with Crippen molar-refractivity contribution in [1.82, 2.24) is 0 Å². The van der Waals surface area contributed by atoms with E-state index in [0.717, 1.165) is 5.56 Å². The van der Waals surface area contributed by atoms with E-state index >= 15 is 0 Å². The van der Waals surface area contributed by atoms with E-state index in [1.807, 2.05) is 0 Å². The van der Waals surface area contributed by atoms with Crippen LogP contribution in [0.1, 0.15) is 15.9 Å². The van der Waals surface area contributed by atoms with Gasteiger partial charge in [0.25, 0.3) is 0 Å². The first-order chi connectivity index (χ1) is 10.3. The van der Waals surface area contributed by atoms with Crippen LogP contribution in [0.25, 0.3) is 6.08 Å². The third-order valence-electron chi connectivity index (χ3n) is 2.77. The fourth-order valence-electron chi connectivity index (χ4n) is 1.66. The Bertz CT molecular complexity index is 738. The molecule has 2 N–H and O–H groups in total. The number of carbonyl (C=O) groups excluding carboxylic acids is 1. The molecule has 0 aliphatic carbocycles. The number of phenolic OH excluding ortho intramolecular Hbond substituents is 2. The van der Waals surface area contributed by atoms with Gasteiger partial charge in [-0.05, 0) is 99.6 Å². The van der Waals surface area contributed by atoms with Crippen molar-refractivity contribution in [2.24, 2.45) is 0 Å². The van der Waals surface area contributed by atoms with E-state index in [4.69, 9.17) is 0 Å². The first-order valence-electron chi connectivity index (χ1n) is 5.88. The number of phenols is 2. The molecule has 7 heteroatoms. The largest absolute Gasteiger partial charge is 0.506 e. The second-order valence-corrected chi connectivity index (χ2v) is 7.74. The zero-order valence-corrected chi connectivity index (χ0v) is 17.1. The first-order valence-corrected chi connectivity index (χ1v) is 9.05. The molecule has 3 nitrogen and oxygen atoms in total. The van der Waals surface area contributed by atoms with E-state index in [9.17, 15) is 15.0 Å². The molecule has 0 unspecified atom stereocenters. The van der Waals surface area contributed by atoms with Gasteiger partial charge in [-0.15, -0.1) is 0 Å². The Morgan fingerprint density at radius 1 is 0.818 bits per heavy atom. The van der Waals surface area contributed by atoms with Gasteiger partial charge in [-0.25, -0.2) is 0 Å². The fraction of sp³-hybridized carbons (Fsp3) is 0. The van der Waals surface area contributed by atoms with E-state index in [-0.39, 0.29) is 17.3 Å². The summed E-state index contributed by atoms with van der Waals surface area (Å²) in [4.78, 5) is 12.2. The third kappa shape index (κ3) is 4.01. The van der Waals surface area contributed by atoms with Gasteiger partial charge in [0.05, 0.1) is 17.9 Å². The average Bonchev–Trinajstić information content (AvgIpc) is 2.47. The molecule has 0 heterocycles. The molecule has 0 amide bonds. The lowest BCUT2D eigenvalue weighted by Gasteiger charge is -2.04. The van der Waals surface area contributed by atoms with Crippen LogP contribution in [0, 0.1) is 0 Å². The summed E-state index contributed by atoms with van der Waals surface area (Å²) in [6, 6.07) is 6.50. The Kier molecular flexibility index (Phi) is 5.87. The zero-order chi connectivity index (χ0) is 16.4. The minimum absolute atomic E-state index is 0.0481. The highest BCUT2D eigenvalue weighted by molar-refractivity contribution is 9.11. The van der Waals surface area contributed by atoms with Crippen LogP contribution in [0.3, 0.4) is 0 Å². The van der Waals surface area contributed by atoms with Crippen LogP contribution in [0.2, 0.25) is 0 Å². The predicted molar refractivity (Wildman–Crippen MR) is 100 cm³/mol. The predicted octanol–water partition coefficient (Wildman–Crippen LogP) is 6.04. The smallest absolute Gasteiger partial charge is 0.185 e. The second-order valence-electron chi connectivity index (χ2n) is 4.32. The highest BCUT2D eigenvalue weighted by atomic mass is 79.9. The maximum atomic E-state index is 12.2. The molecule has 0 saturated carbocycles. The molecule has 22 heavy (non-hydrogen) atoms. The monoisotopic (exact) mass is 552 g/mol. The van der Waals surface area contributed by atoms with Crippen LogP contribution >= 0.6 is 63.7 Å². The maximum Gasteiger partial charge on any atom is 0.185 e. The number of allylic oxidation sites excluding steroid dienone is 1. The Labute approximate surface area is 160 Å². The standard InChI is InChI=1S/C15H8Br4O3/c16-9-3-7(4-10(17)14(9)21)1-2-13(20)8-5-11(18)15(22)12(19)6-8/h1-6,21-22H/b2-1+. The molecule has 0 bridgehead atoms. The van der Waals surface area contributed by atoms with Gasteiger partial charge < -0.3 is 10.2 Å². The Morgan fingerprint density at radius 2 is 1.23 bits per heavy atom. The van der Waals surface area contributed by atoms with E-state index < -0.39 is 0 Å². The van der Waals surface area contributed by atoms with Crippen molar-refractivity contribution in [3.8, 4) is 11.5 Å². The van der Waals surface area contributed by atoms with Crippen molar-refractivity contribution in [1.29, 1.82) is 0 Å². The lowest BCUT2D eigenvalue weighted by molar-refractivity contribution is 0.104. The quantitative estimate of drug-likeness (QED) is 0.358. The Hall–Kier alpha value is -0.630. The fourth-order valence-corrected chi connectivity index (χ4v) is 4.07. The molecule has 0 fully saturated rings. The van der Waals surface area contributed by atoms with Crippen molar-refractivity contribution in [2.75, 3.05) is 0 Å². The molecule has 0 atom stereocenters. The molecule has 0 aromatic heterocycles. The van der Waals surface area contributed by atoms with E-state index in [1.165, 1.54) is 6.08 Å². The second kappa shape index (κ2) is 7.29. The summed E-state index contributed by atoms with van der Waals surface area (Å²) in [5.41, 5.74) is 1.19. The van der Waals surface area contributed by atoms with Gasteiger partial charge in [0, 0.05) is 5.56 Å². The minimum Gasteiger partial charge on any atom is -0.506 e. The van der Waals surface area contributed by atoms with Gasteiger partial charge in [-0.2, -0.15) is 0 Å². The minimum atomic E-state index is -0.207. The number of benzene rings is 2. The molecule has 2 rings (SSSR count). The Morgan fingerprint density at radius 3 is 1.68 bits per heavy atom. The number of hydrogen-bond donors (Lipinski definition) is 2. The van der Waals surface area contributed by atoms with E-state index in [1.54, 1.807) is 30.3 Å². The molecule has 0 aliphatic rings. The molecule has 0 saturated heterocycles. The molecule has 0 radical (unpaired) electrons. The molecule has 2 aromatic rings. The SMILES string of the molecule is O=C(/C=C/c1cc(Br)c(O)c(Br)c1)c1cc(Br)c(O)c(Br)c1. The first kappa shape index (κ1) is 17.7. The van der Waals surface area contributed by atoms with Gasteiger partial charge in [0.15, 0.2) is 5.78 Å². The number of hydrogen-bond acceptors (Lipinski definition) is 3. The van der Waals surface area contributed by atoms with Crippen molar-refractivity contribution < 1.29 is 15.0 Å². The van der Waals surface area contributed by atoms with Gasteiger partial charge in [-0.3, -0.25) is 4.79 Å². The molecule has 2 aromatic carbocycles. The Balaban J connectivity index is 2.29. The lowest BCUT2D eigenvalue weighted by Crippen LogP contribution is -1.94. The van der Waals surface area contributed by atoms with Crippen LogP contribution in [0.4, 0.5) is 0 Å². The summed E-state index contributed by atoms with van der Waals surface area (Å²) in [6.45, 7) is 0. The summed E-state index contributed by atoms with van der Waals surface area (Å²) < 4.78 is 1.94. The molecule has 114 valence electrons. The van der Waals surface area contributed by atoms with Gasteiger partial charge >= 0.3 is 0 Å². The van der Waals surface area contributed by atoms with Crippen LogP contribution in [0.5, 0.6) is 11.5 Å². The summed E-state index contributed by atoms with van der Waals surface area (Å²) in [7, 11) is 0. The molecule has 0 spiro atoms. The maximum absolute atomic E-state index is 12.2. The topological polar surface area (TPSA) is 57.5 Å². The summed E-state index contributed by atoms with van der Waals surface area (Å²) in [5, 5.41) is 19.3. The lowest BCUT2D eigenvalue weighted by atomic mass is 10.1. The third-order valence-corrected chi connectivity index (χ3v) is 5.19. The van der Waals surface area contributed by atoms with Crippen LogP contribution in [0.15, 0.2) is 48.2 Å². The van der Waals surface area contributed by atoms with Crippen molar-refractivity contribution in [3.05, 3.63) is 59.4 Å². The number of rotatable bonds is 3. The zero-order valence-electron chi connectivity index (χ0n) is 10.8. The normalized spacial score (nSPS) is 11.1. The van der Waals surface area contributed by atoms with E-state index in [0.29, 0.717) is 23.5 Å². The van der Waals surface area contributed by atoms with Crippen LogP contribution < -0.4 is 0 Å².